The van der Waals surface area contributed by atoms with Gasteiger partial charge in [-0.25, -0.2) is 4.99 Å². The maximum absolute atomic E-state index is 4.72. The Morgan fingerprint density at radius 3 is 2.67 bits per heavy atom. The van der Waals surface area contributed by atoms with Crippen LogP contribution in [0.15, 0.2) is 65.8 Å². The Hall–Kier alpha value is -3.21. The first-order valence-electron chi connectivity index (χ1n) is 9.47. The lowest BCUT2D eigenvalue weighted by molar-refractivity contribution is 0.800. The minimum Gasteiger partial charge on any atom is -0.361 e. The number of guanidine groups is 1. The highest BCUT2D eigenvalue weighted by Crippen LogP contribution is 2.18. The summed E-state index contributed by atoms with van der Waals surface area (Å²) < 4.78 is 0. The predicted molar refractivity (Wildman–Crippen MR) is 113 cm³/mol. The first-order chi connectivity index (χ1) is 13.3. The zero-order chi connectivity index (χ0) is 18.5. The van der Waals surface area contributed by atoms with Crippen molar-refractivity contribution in [2.24, 2.45) is 4.99 Å². The molecule has 2 aromatic carbocycles. The molecule has 0 atom stereocenters. The molecule has 0 aliphatic heterocycles. The molecule has 0 aliphatic carbocycles. The average molecular weight is 359 g/mol. The van der Waals surface area contributed by atoms with E-state index in [4.69, 9.17) is 4.99 Å². The van der Waals surface area contributed by atoms with E-state index in [1.54, 1.807) is 0 Å². The summed E-state index contributed by atoms with van der Waals surface area (Å²) in [4.78, 5) is 11.5. The predicted octanol–water partition coefficient (Wildman–Crippen LogP) is 3.95. The highest BCUT2D eigenvalue weighted by atomic mass is 15.2. The van der Waals surface area contributed by atoms with Crippen molar-refractivity contribution < 1.29 is 0 Å². The second-order valence-electron chi connectivity index (χ2n) is 6.61. The van der Waals surface area contributed by atoms with Crippen LogP contribution in [0.1, 0.15) is 18.2 Å². The van der Waals surface area contributed by atoms with E-state index in [9.17, 15) is 0 Å². The monoisotopic (exact) mass is 359 g/mol. The number of para-hydroxylation sites is 2. The molecule has 2 aromatic heterocycles. The van der Waals surface area contributed by atoms with Crippen molar-refractivity contribution >= 4 is 27.8 Å². The Morgan fingerprint density at radius 1 is 1.00 bits per heavy atom. The summed E-state index contributed by atoms with van der Waals surface area (Å²) in [7, 11) is 0. The maximum atomic E-state index is 4.72. The molecular weight excluding hydrogens is 334 g/mol. The highest BCUT2D eigenvalue weighted by molar-refractivity contribution is 5.83. The van der Waals surface area contributed by atoms with Gasteiger partial charge in [0.25, 0.3) is 0 Å². The molecular formula is C22H25N5. The zero-order valence-electron chi connectivity index (χ0n) is 15.5. The van der Waals surface area contributed by atoms with Crippen LogP contribution in [0, 0.1) is 0 Å². The zero-order valence-corrected chi connectivity index (χ0v) is 15.5. The number of benzene rings is 2. The van der Waals surface area contributed by atoms with E-state index in [-0.39, 0.29) is 0 Å². The Labute approximate surface area is 158 Å². The van der Waals surface area contributed by atoms with Gasteiger partial charge in [-0.05, 0) is 42.5 Å². The van der Waals surface area contributed by atoms with E-state index in [0.29, 0.717) is 6.54 Å². The van der Waals surface area contributed by atoms with E-state index in [0.717, 1.165) is 36.7 Å². The Balaban J connectivity index is 1.39. The molecule has 4 rings (SSSR count). The van der Waals surface area contributed by atoms with Gasteiger partial charge in [0, 0.05) is 41.4 Å². The van der Waals surface area contributed by atoms with Gasteiger partial charge in [0.2, 0.25) is 0 Å². The van der Waals surface area contributed by atoms with E-state index >= 15 is 0 Å². The van der Waals surface area contributed by atoms with Gasteiger partial charge >= 0.3 is 0 Å². The summed E-state index contributed by atoms with van der Waals surface area (Å²) in [5, 5.41) is 9.27. The third kappa shape index (κ3) is 3.97. The van der Waals surface area contributed by atoms with Gasteiger partial charge < -0.3 is 20.6 Å². The van der Waals surface area contributed by atoms with Gasteiger partial charge in [-0.3, -0.25) is 0 Å². The smallest absolute Gasteiger partial charge is 0.191 e. The Bertz CT molecular complexity index is 1020. The number of aromatic nitrogens is 2. The molecule has 0 radical (unpaired) electrons. The number of rotatable bonds is 6. The fraction of sp³-hybridized carbons (Fsp3) is 0.227. The quantitative estimate of drug-likeness (QED) is 0.311. The summed E-state index contributed by atoms with van der Waals surface area (Å²) in [5.41, 5.74) is 4.78. The van der Waals surface area contributed by atoms with Crippen LogP contribution in [0.5, 0.6) is 0 Å². The van der Waals surface area contributed by atoms with Crippen LogP contribution in [0.3, 0.4) is 0 Å². The van der Waals surface area contributed by atoms with Crippen molar-refractivity contribution in [2.75, 3.05) is 13.1 Å². The summed E-state index contributed by atoms with van der Waals surface area (Å²) >= 11 is 0. The number of nitrogens with zero attached hydrogens (tertiary/aromatic N) is 1. The molecule has 0 amide bonds. The van der Waals surface area contributed by atoms with Crippen molar-refractivity contribution in [1.29, 1.82) is 0 Å². The molecule has 0 fully saturated rings. The summed E-state index contributed by atoms with van der Waals surface area (Å²) in [6.07, 6.45) is 3.04. The highest BCUT2D eigenvalue weighted by Gasteiger charge is 2.04. The van der Waals surface area contributed by atoms with Crippen molar-refractivity contribution in [3.8, 4) is 0 Å². The molecule has 27 heavy (non-hydrogen) atoms. The van der Waals surface area contributed by atoms with Crippen LogP contribution in [0.2, 0.25) is 0 Å². The lowest BCUT2D eigenvalue weighted by Gasteiger charge is -2.10. The van der Waals surface area contributed by atoms with Gasteiger partial charge in [0.05, 0.1) is 6.54 Å². The second kappa shape index (κ2) is 7.99. The summed E-state index contributed by atoms with van der Waals surface area (Å²) in [6, 6.07) is 18.9. The van der Waals surface area contributed by atoms with Crippen molar-refractivity contribution in [1.82, 2.24) is 20.6 Å². The number of nitrogens with one attached hydrogen (secondary N) is 4. The second-order valence-corrected chi connectivity index (χ2v) is 6.61. The molecule has 138 valence electrons. The van der Waals surface area contributed by atoms with Crippen LogP contribution in [0.25, 0.3) is 21.8 Å². The van der Waals surface area contributed by atoms with Crippen molar-refractivity contribution in [2.45, 2.75) is 19.9 Å². The third-order valence-electron chi connectivity index (χ3n) is 4.70. The molecule has 0 bridgehead atoms. The van der Waals surface area contributed by atoms with Gasteiger partial charge in [0.1, 0.15) is 0 Å². The van der Waals surface area contributed by atoms with Crippen LogP contribution in [-0.2, 0) is 13.0 Å². The minimum atomic E-state index is 0.622. The molecule has 4 N–H and O–H groups in total. The molecule has 4 aromatic rings. The molecule has 2 heterocycles. The van der Waals surface area contributed by atoms with Crippen LogP contribution in [0.4, 0.5) is 0 Å². The fourth-order valence-electron chi connectivity index (χ4n) is 3.38. The van der Waals surface area contributed by atoms with Gasteiger partial charge in [0.15, 0.2) is 5.96 Å². The van der Waals surface area contributed by atoms with Crippen molar-refractivity contribution in [3.63, 3.8) is 0 Å². The lowest BCUT2D eigenvalue weighted by Crippen LogP contribution is -2.38. The lowest BCUT2D eigenvalue weighted by atomic mass is 10.1. The van der Waals surface area contributed by atoms with Gasteiger partial charge in [-0.2, -0.15) is 0 Å². The SMILES string of the molecule is CCNC(=NCc1cc2ccccc2[nH]1)NCCc1c[nH]c2ccccc12. The molecule has 0 unspecified atom stereocenters. The number of fused-ring (bicyclic) bond motifs is 2. The van der Waals surface area contributed by atoms with Crippen LogP contribution >= 0.6 is 0 Å². The summed E-state index contributed by atoms with van der Waals surface area (Å²) in [6.45, 7) is 4.38. The van der Waals surface area contributed by atoms with Gasteiger partial charge in [-0.1, -0.05) is 36.4 Å². The topological polar surface area (TPSA) is 68.0 Å². The van der Waals surface area contributed by atoms with E-state index < -0.39 is 0 Å². The van der Waals surface area contributed by atoms with E-state index in [1.165, 1.54) is 21.9 Å². The average Bonchev–Trinajstić information content (AvgIpc) is 3.30. The number of aromatic amines is 2. The molecule has 5 nitrogen and oxygen atoms in total. The molecule has 0 saturated heterocycles. The standard InChI is InChI=1S/C22H25N5/c1-2-23-22(26-15-18-13-16-7-3-5-9-20(16)27-18)24-12-11-17-14-25-21-10-6-4-8-19(17)21/h3-10,13-14,25,27H,2,11-12,15H2,1H3,(H2,23,24,26). The largest absolute Gasteiger partial charge is 0.361 e. The number of hydrogen-bond donors (Lipinski definition) is 4. The number of aliphatic imine (C=N–C) groups is 1. The van der Waals surface area contributed by atoms with E-state index in [1.807, 2.05) is 6.07 Å². The maximum Gasteiger partial charge on any atom is 0.191 e. The Kier molecular flexibility index (Phi) is 5.10. The number of hydrogen-bond acceptors (Lipinski definition) is 1. The molecule has 5 heteroatoms. The third-order valence-corrected chi connectivity index (χ3v) is 4.70. The van der Waals surface area contributed by atoms with Crippen LogP contribution < -0.4 is 10.6 Å². The van der Waals surface area contributed by atoms with Crippen LogP contribution in [-0.4, -0.2) is 29.0 Å². The normalized spacial score (nSPS) is 12.0. The van der Waals surface area contributed by atoms with E-state index in [2.05, 4.69) is 82.3 Å². The first-order valence-corrected chi connectivity index (χ1v) is 9.47. The summed E-state index contributed by atoms with van der Waals surface area (Å²) in [5.74, 6) is 0.844. The molecule has 0 aliphatic rings. The molecule has 0 spiro atoms. The first kappa shape index (κ1) is 17.2. The fourth-order valence-corrected chi connectivity index (χ4v) is 3.38. The Morgan fingerprint density at radius 2 is 1.81 bits per heavy atom. The minimum absolute atomic E-state index is 0.622. The van der Waals surface area contributed by atoms with Crippen molar-refractivity contribution in [3.05, 3.63) is 72.1 Å². The molecule has 0 saturated carbocycles. The van der Waals surface area contributed by atoms with Gasteiger partial charge in [-0.15, -0.1) is 0 Å². The number of H-pyrrole nitrogens is 2.